The van der Waals surface area contributed by atoms with Crippen molar-refractivity contribution in [1.82, 2.24) is 4.98 Å². The number of carboxylic acid groups (broad SMARTS) is 1. The molecule has 1 aromatic rings. The van der Waals surface area contributed by atoms with Crippen LogP contribution >= 0.6 is 0 Å². The van der Waals surface area contributed by atoms with Gasteiger partial charge >= 0.3 is 5.97 Å². The minimum atomic E-state index is -0.958. The molecule has 0 fully saturated rings. The molecule has 0 unspecified atom stereocenters. The van der Waals surface area contributed by atoms with Crippen LogP contribution in [0.25, 0.3) is 0 Å². The Morgan fingerprint density at radius 3 is 2.92 bits per heavy atom. The molecule has 1 rings (SSSR count). The average molecular weight is 181 g/mol. The van der Waals surface area contributed by atoms with E-state index in [-0.39, 0.29) is 5.56 Å². The van der Waals surface area contributed by atoms with Crippen molar-refractivity contribution < 1.29 is 14.6 Å². The van der Waals surface area contributed by atoms with E-state index in [2.05, 4.69) is 4.98 Å². The summed E-state index contributed by atoms with van der Waals surface area (Å²) in [6.07, 6.45) is 1.49. The van der Waals surface area contributed by atoms with Crippen LogP contribution in [0.3, 0.4) is 0 Å². The van der Waals surface area contributed by atoms with Crippen LogP contribution in [0.4, 0.5) is 0 Å². The molecule has 4 heteroatoms. The first-order valence-corrected chi connectivity index (χ1v) is 3.98. The van der Waals surface area contributed by atoms with Crippen molar-refractivity contribution in [1.29, 1.82) is 0 Å². The number of carboxylic acids is 1. The summed E-state index contributed by atoms with van der Waals surface area (Å²) in [6.45, 7) is 4.00. The van der Waals surface area contributed by atoms with Crippen molar-refractivity contribution >= 4 is 5.97 Å². The summed E-state index contributed by atoms with van der Waals surface area (Å²) in [4.78, 5) is 14.6. The molecule has 0 radical (unpaired) electrons. The van der Waals surface area contributed by atoms with Crippen LogP contribution in [0.1, 0.15) is 22.8 Å². The number of carbonyl (C=O) groups is 1. The van der Waals surface area contributed by atoms with Crippen molar-refractivity contribution in [3.8, 4) is 5.88 Å². The minimum Gasteiger partial charge on any atom is -0.478 e. The van der Waals surface area contributed by atoms with Crippen LogP contribution in [-0.4, -0.2) is 22.7 Å². The molecule has 1 heterocycles. The summed E-state index contributed by atoms with van der Waals surface area (Å²) in [6, 6.07) is 1.43. The van der Waals surface area contributed by atoms with E-state index in [1.165, 1.54) is 12.3 Å². The number of aromatic nitrogens is 1. The molecule has 4 nitrogen and oxygen atoms in total. The molecule has 1 N–H and O–H groups in total. The van der Waals surface area contributed by atoms with Crippen LogP contribution < -0.4 is 4.74 Å². The number of nitrogens with zero attached hydrogens (tertiary/aromatic N) is 1. The average Bonchev–Trinajstić information content (AvgIpc) is 2.08. The van der Waals surface area contributed by atoms with Crippen molar-refractivity contribution in [3.05, 3.63) is 23.4 Å². The molecule has 0 aliphatic carbocycles. The van der Waals surface area contributed by atoms with Gasteiger partial charge in [0, 0.05) is 12.3 Å². The van der Waals surface area contributed by atoms with Crippen molar-refractivity contribution in [3.63, 3.8) is 0 Å². The van der Waals surface area contributed by atoms with Gasteiger partial charge in [-0.25, -0.2) is 9.78 Å². The zero-order chi connectivity index (χ0) is 9.84. The third-order valence-corrected chi connectivity index (χ3v) is 1.60. The van der Waals surface area contributed by atoms with Crippen LogP contribution in [-0.2, 0) is 0 Å². The zero-order valence-electron chi connectivity index (χ0n) is 7.57. The third kappa shape index (κ3) is 2.18. The van der Waals surface area contributed by atoms with Gasteiger partial charge in [0.05, 0.1) is 12.2 Å². The van der Waals surface area contributed by atoms with E-state index in [1.807, 2.05) is 6.92 Å². The summed E-state index contributed by atoms with van der Waals surface area (Å²) in [7, 11) is 0. The Hall–Kier alpha value is -1.58. The van der Waals surface area contributed by atoms with Crippen LogP contribution in [0.5, 0.6) is 5.88 Å². The lowest BCUT2D eigenvalue weighted by atomic mass is 10.1. The van der Waals surface area contributed by atoms with E-state index < -0.39 is 5.97 Å². The Bertz CT molecular complexity index is 323. The monoisotopic (exact) mass is 181 g/mol. The number of aromatic carboxylic acids is 1. The molecule has 0 saturated carbocycles. The molecule has 0 atom stereocenters. The van der Waals surface area contributed by atoms with Gasteiger partial charge in [0.25, 0.3) is 0 Å². The van der Waals surface area contributed by atoms with Crippen molar-refractivity contribution in [2.24, 2.45) is 0 Å². The lowest BCUT2D eigenvalue weighted by molar-refractivity contribution is 0.0695. The Kier molecular flexibility index (Phi) is 2.84. The standard InChI is InChI=1S/C9H11NO3/c1-3-13-8-4-7(9(11)12)6(2)5-10-8/h4-5H,3H2,1-2H3,(H,11,12). The fraction of sp³-hybridized carbons (Fsp3) is 0.333. The maximum absolute atomic E-state index is 10.7. The highest BCUT2D eigenvalue weighted by Crippen LogP contribution is 2.13. The highest BCUT2D eigenvalue weighted by Gasteiger charge is 2.08. The Morgan fingerprint density at radius 1 is 1.69 bits per heavy atom. The maximum Gasteiger partial charge on any atom is 0.336 e. The molecule has 70 valence electrons. The highest BCUT2D eigenvalue weighted by molar-refractivity contribution is 5.89. The molecule has 1 aromatic heterocycles. The van der Waals surface area contributed by atoms with Gasteiger partial charge < -0.3 is 9.84 Å². The van der Waals surface area contributed by atoms with Gasteiger partial charge in [0.15, 0.2) is 0 Å². The van der Waals surface area contributed by atoms with Gasteiger partial charge in [-0.1, -0.05) is 0 Å². The number of hydrogen-bond donors (Lipinski definition) is 1. The smallest absolute Gasteiger partial charge is 0.336 e. The van der Waals surface area contributed by atoms with Crippen molar-refractivity contribution in [2.45, 2.75) is 13.8 Å². The first-order chi connectivity index (χ1) is 6.15. The van der Waals surface area contributed by atoms with Gasteiger partial charge in [-0.2, -0.15) is 0 Å². The summed E-state index contributed by atoms with van der Waals surface area (Å²) in [5.74, 6) is -0.605. The molecule has 0 spiro atoms. The van der Waals surface area contributed by atoms with Gasteiger partial charge in [0.1, 0.15) is 0 Å². The Balaban J connectivity index is 3.04. The molecule has 0 aliphatic rings. The minimum absolute atomic E-state index is 0.235. The number of hydrogen-bond acceptors (Lipinski definition) is 3. The van der Waals surface area contributed by atoms with Crippen LogP contribution in [0.15, 0.2) is 12.3 Å². The van der Waals surface area contributed by atoms with Crippen molar-refractivity contribution in [2.75, 3.05) is 6.61 Å². The van der Waals surface area contributed by atoms with Gasteiger partial charge in [0.2, 0.25) is 5.88 Å². The number of pyridine rings is 1. The molecule has 0 bridgehead atoms. The second kappa shape index (κ2) is 3.89. The largest absolute Gasteiger partial charge is 0.478 e. The summed E-state index contributed by atoms with van der Waals surface area (Å²) in [5.41, 5.74) is 0.870. The maximum atomic E-state index is 10.7. The normalized spacial score (nSPS) is 9.69. The van der Waals surface area contributed by atoms with Crippen LogP contribution in [0.2, 0.25) is 0 Å². The predicted octanol–water partition coefficient (Wildman–Crippen LogP) is 1.49. The van der Waals surface area contributed by atoms with E-state index in [0.29, 0.717) is 18.1 Å². The molecular weight excluding hydrogens is 170 g/mol. The highest BCUT2D eigenvalue weighted by atomic mass is 16.5. The molecular formula is C9H11NO3. The quantitative estimate of drug-likeness (QED) is 0.767. The van der Waals surface area contributed by atoms with Gasteiger partial charge in [-0.05, 0) is 19.4 Å². The van der Waals surface area contributed by atoms with E-state index in [9.17, 15) is 4.79 Å². The summed E-state index contributed by atoms with van der Waals surface area (Å²) in [5, 5.41) is 8.77. The van der Waals surface area contributed by atoms with Gasteiger partial charge in [-0.15, -0.1) is 0 Å². The van der Waals surface area contributed by atoms with E-state index in [1.54, 1.807) is 6.92 Å². The number of rotatable bonds is 3. The topological polar surface area (TPSA) is 59.4 Å². The lowest BCUT2D eigenvalue weighted by Gasteiger charge is -2.04. The first-order valence-electron chi connectivity index (χ1n) is 3.98. The Labute approximate surface area is 76.2 Å². The summed E-state index contributed by atoms with van der Waals surface area (Å²) < 4.78 is 5.08. The van der Waals surface area contributed by atoms with Crippen LogP contribution in [0, 0.1) is 6.92 Å². The summed E-state index contributed by atoms with van der Waals surface area (Å²) >= 11 is 0. The SMILES string of the molecule is CCOc1cc(C(=O)O)c(C)cn1. The second-order valence-corrected chi connectivity index (χ2v) is 2.58. The number of ether oxygens (including phenoxy) is 1. The molecule has 0 amide bonds. The fourth-order valence-electron chi connectivity index (χ4n) is 0.962. The first kappa shape index (κ1) is 9.51. The Morgan fingerprint density at radius 2 is 2.38 bits per heavy atom. The second-order valence-electron chi connectivity index (χ2n) is 2.58. The third-order valence-electron chi connectivity index (χ3n) is 1.60. The zero-order valence-corrected chi connectivity index (χ0v) is 7.57. The molecule has 13 heavy (non-hydrogen) atoms. The van der Waals surface area contributed by atoms with Gasteiger partial charge in [-0.3, -0.25) is 0 Å². The number of aryl methyl sites for hydroxylation is 1. The molecule has 0 aliphatic heterocycles. The van der Waals surface area contributed by atoms with E-state index >= 15 is 0 Å². The molecule has 0 aromatic carbocycles. The lowest BCUT2D eigenvalue weighted by Crippen LogP contribution is -2.02. The fourth-order valence-corrected chi connectivity index (χ4v) is 0.962. The molecule has 0 saturated heterocycles. The van der Waals surface area contributed by atoms with E-state index in [4.69, 9.17) is 9.84 Å². The predicted molar refractivity (Wildman–Crippen MR) is 47.1 cm³/mol. The van der Waals surface area contributed by atoms with E-state index in [0.717, 1.165) is 0 Å².